The second-order valence-electron chi connectivity index (χ2n) is 3.96. The minimum Gasteiger partial charge on any atom is -0.466 e. The molecule has 0 aliphatic carbocycles. The van der Waals surface area contributed by atoms with Gasteiger partial charge in [0.05, 0.1) is 25.0 Å². The molecule has 2 heterocycles. The van der Waals surface area contributed by atoms with Gasteiger partial charge in [-0.15, -0.1) is 11.3 Å². The summed E-state index contributed by atoms with van der Waals surface area (Å²) in [6, 6.07) is 3.48. The molecule has 2 aromatic heterocycles. The molecule has 0 aliphatic heterocycles. The summed E-state index contributed by atoms with van der Waals surface area (Å²) in [7, 11) is 0. The third-order valence-corrected chi connectivity index (χ3v) is 3.16. The van der Waals surface area contributed by atoms with Gasteiger partial charge in [-0.1, -0.05) is 0 Å². The van der Waals surface area contributed by atoms with Crippen molar-refractivity contribution in [3.8, 4) is 0 Å². The Morgan fingerprint density at radius 2 is 2.38 bits per heavy atom. The normalized spacial score (nSPS) is 10.7. The number of esters is 1. The van der Waals surface area contributed by atoms with Gasteiger partial charge in [-0.2, -0.15) is 0 Å². The summed E-state index contributed by atoms with van der Waals surface area (Å²) in [5.41, 5.74) is 0.573. The molecule has 0 unspecified atom stereocenters. The number of nitrogens with one attached hydrogen (secondary N) is 1. The highest BCUT2D eigenvalue weighted by Gasteiger charge is 2.09. The van der Waals surface area contributed by atoms with Crippen molar-refractivity contribution < 1.29 is 18.7 Å². The first kappa shape index (κ1) is 15.0. The van der Waals surface area contributed by atoms with Crippen LogP contribution >= 0.6 is 11.3 Å². The maximum Gasteiger partial charge on any atom is 0.311 e. The van der Waals surface area contributed by atoms with Crippen molar-refractivity contribution in [2.24, 2.45) is 0 Å². The maximum absolute atomic E-state index is 11.7. The number of furan rings is 1. The molecule has 1 N–H and O–H groups in total. The van der Waals surface area contributed by atoms with Crippen LogP contribution in [0.25, 0.3) is 6.08 Å². The Labute approximate surface area is 125 Å². The zero-order chi connectivity index (χ0) is 15.1. The summed E-state index contributed by atoms with van der Waals surface area (Å²) < 4.78 is 9.91. The molecule has 0 spiro atoms. The van der Waals surface area contributed by atoms with E-state index < -0.39 is 0 Å². The first-order chi connectivity index (χ1) is 10.2. The van der Waals surface area contributed by atoms with E-state index >= 15 is 0 Å². The Balaban J connectivity index is 1.87. The number of ether oxygens (including phenoxy) is 1. The molecule has 0 saturated carbocycles. The molecule has 0 saturated heterocycles. The number of amides is 1. The zero-order valence-corrected chi connectivity index (χ0v) is 12.2. The molecule has 21 heavy (non-hydrogen) atoms. The van der Waals surface area contributed by atoms with Crippen molar-refractivity contribution in [2.75, 3.05) is 11.9 Å². The number of aromatic nitrogens is 1. The molecule has 6 nitrogen and oxygen atoms in total. The van der Waals surface area contributed by atoms with Crippen LogP contribution in [0.2, 0.25) is 0 Å². The van der Waals surface area contributed by atoms with Gasteiger partial charge in [0.1, 0.15) is 5.76 Å². The lowest BCUT2D eigenvalue weighted by atomic mass is 10.3. The Bertz CT molecular complexity index is 631. The molecule has 0 atom stereocenters. The van der Waals surface area contributed by atoms with Crippen LogP contribution in [-0.2, 0) is 20.7 Å². The topological polar surface area (TPSA) is 81.4 Å². The number of hydrogen-bond acceptors (Lipinski definition) is 6. The second kappa shape index (κ2) is 7.39. The molecule has 110 valence electrons. The highest BCUT2D eigenvalue weighted by molar-refractivity contribution is 7.14. The van der Waals surface area contributed by atoms with E-state index in [4.69, 9.17) is 9.15 Å². The fourth-order valence-corrected chi connectivity index (χ4v) is 2.21. The lowest BCUT2D eigenvalue weighted by Crippen LogP contribution is -2.09. The first-order valence-corrected chi connectivity index (χ1v) is 7.18. The average Bonchev–Trinajstić information content (AvgIpc) is 3.08. The monoisotopic (exact) mass is 306 g/mol. The van der Waals surface area contributed by atoms with Crippen LogP contribution in [0.15, 0.2) is 34.3 Å². The SMILES string of the molecule is CCOC(=O)Cc1csc(NC(=O)/C=C/c2ccco2)n1. The lowest BCUT2D eigenvalue weighted by molar-refractivity contribution is -0.142. The number of carbonyl (C=O) groups is 2. The van der Waals surface area contributed by atoms with Gasteiger partial charge in [0, 0.05) is 11.5 Å². The van der Waals surface area contributed by atoms with E-state index in [0.717, 1.165) is 0 Å². The molecular weight excluding hydrogens is 292 g/mol. The second-order valence-corrected chi connectivity index (χ2v) is 4.82. The van der Waals surface area contributed by atoms with E-state index in [-0.39, 0.29) is 18.3 Å². The molecule has 2 aromatic rings. The van der Waals surface area contributed by atoms with Gasteiger partial charge in [0.15, 0.2) is 5.13 Å². The van der Waals surface area contributed by atoms with E-state index in [1.165, 1.54) is 23.7 Å². The fourth-order valence-electron chi connectivity index (χ4n) is 1.50. The summed E-state index contributed by atoms with van der Waals surface area (Å²) in [4.78, 5) is 27.1. The van der Waals surface area contributed by atoms with Crippen molar-refractivity contribution in [3.05, 3.63) is 41.3 Å². The summed E-state index contributed by atoms with van der Waals surface area (Å²) in [6.45, 7) is 2.08. The maximum atomic E-state index is 11.7. The molecule has 0 fully saturated rings. The number of carbonyl (C=O) groups excluding carboxylic acids is 2. The third kappa shape index (κ3) is 4.88. The summed E-state index contributed by atoms with van der Waals surface area (Å²) >= 11 is 1.25. The van der Waals surface area contributed by atoms with E-state index in [1.807, 2.05) is 0 Å². The summed E-state index contributed by atoms with van der Waals surface area (Å²) in [5.74, 6) is -0.0610. The molecule has 1 amide bonds. The smallest absolute Gasteiger partial charge is 0.311 e. The standard InChI is InChI=1S/C14H14N2O4S/c1-2-19-13(18)8-10-9-21-14(15-10)16-12(17)6-5-11-4-3-7-20-11/h3-7,9H,2,8H2,1H3,(H,15,16,17)/b6-5+. The van der Waals surface area contributed by atoms with Crippen LogP contribution in [-0.4, -0.2) is 23.5 Å². The number of rotatable bonds is 6. The van der Waals surface area contributed by atoms with Gasteiger partial charge in [0.25, 0.3) is 0 Å². The largest absolute Gasteiger partial charge is 0.466 e. The fraction of sp³-hybridized carbons (Fsp3) is 0.214. The number of hydrogen-bond donors (Lipinski definition) is 1. The average molecular weight is 306 g/mol. The Hall–Kier alpha value is -2.41. The van der Waals surface area contributed by atoms with E-state index in [2.05, 4.69) is 10.3 Å². The lowest BCUT2D eigenvalue weighted by Gasteiger charge is -1.98. The van der Waals surface area contributed by atoms with Crippen LogP contribution in [0.1, 0.15) is 18.4 Å². The molecule has 2 rings (SSSR count). The van der Waals surface area contributed by atoms with Gasteiger partial charge in [-0.05, 0) is 25.1 Å². The molecule has 0 bridgehead atoms. The molecule has 0 aliphatic rings. The van der Waals surface area contributed by atoms with Gasteiger partial charge in [-0.25, -0.2) is 4.98 Å². The van der Waals surface area contributed by atoms with Gasteiger partial charge >= 0.3 is 5.97 Å². The highest BCUT2D eigenvalue weighted by atomic mass is 32.1. The van der Waals surface area contributed by atoms with Crippen LogP contribution in [0.5, 0.6) is 0 Å². The van der Waals surface area contributed by atoms with E-state index in [1.54, 1.807) is 30.5 Å². The quantitative estimate of drug-likeness (QED) is 0.655. The predicted molar refractivity (Wildman–Crippen MR) is 78.8 cm³/mol. The number of thiazole rings is 1. The van der Waals surface area contributed by atoms with E-state index in [9.17, 15) is 9.59 Å². The van der Waals surface area contributed by atoms with Crippen LogP contribution < -0.4 is 5.32 Å². The van der Waals surface area contributed by atoms with Crippen molar-refractivity contribution in [1.82, 2.24) is 4.98 Å². The molecule has 0 aromatic carbocycles. The van der Waals surface area contributed by atoms with Gasteiger partial charge < -0.3 is 9.15 Å². The van der Waals surface area contributed by atoms with Crippen LogP contribution in [0.4, 0.5) is 5.13 Å². The van der Waals surface area contributed by atoms with Crippen molar-refractivity contribution >= 4 is 34.4 Å². The van der Waals surface area contributed by atoms with E-state index in [0.29, 0.717) is 23.2 Å². The molecular formula is C14H14N2O4S. The Morgan fingerprint density at radius 3 is 3.10 bits per heavy atom. The molecule has 7 heteroatoms. The summed E-state index contributed by atoms with van der Waals surface area (Å²) in [6.07, 6.45) is 4.54. The Morgan fingerprint density at radius 1 is 1.52 bits per heavy atom. The summed E-state index contributed by atoms with van der Waals surface area (Å²) in [5, 5.41) is 4.76. The third-order valence-electron chi connectivity index (χ3n) is 2.35. The minimum atomic E-state index is -0.335. The zero-order valence-electron chi connectivity index (χ0n) is 11.4. The first-order valence-electron chi connectivity index (χ1n) is 6.30. The van der Waals surface area contributed by atoms with Crippen molar-refractivity contribution in [2.45, 2.75) is 13.3 Å². The van der Waals surface area contributed by atoms with Crippen LogP contribution in [0, 0.1) is 0 Å². The van der Waals surface area contributed by atoms with Gasteiger partial charge in [0.2, 0.25) is 5.91 Å². The highest BCUT2D eigenvalue weighted by Crippen LogP contribution is 2.16. The number of nitrogens with zero attached hydrogens (tertiary/aromatic N) is 1. The minimum absolute atomic E-state index is 0.0996. The van der Waals surface area contributed by atoms with Gasteiger partial charge in [-0.3, -0.25) is 14.9 Å². The molecule has 0 radical (unpaired) electrons. The van der Waals surface area contributed by atoms with Crippen molar-refractivity contribution in [1.29, 1.82) is 0 Å². The Kier molecular flexibility index (Phi) is 5.28. The van der Waals surface area contributed by atoms with Crippen LogP contribution in [0.3, 0.4) is 0 Å². The number of anilines is 1. The predicted octanol–water partition coefficient (Wildman–Crippen LogP) is 2.49. The van der Waals surface area contributed by atoms with Crippen molar-refractivity contribution in [3.63, 3.8) is 0 Å².